The fraction of sp³-hybridized carbons (Fsp3) is 0.200. The Morgan fingerprint density at radius 1 is 1.24 bits per heavy atom. The topological polar surface area (TPSA) is 42.7 Å². The predicted molar refractivity (Wildman–Crippen MR) is 55.0 cm³/mol. The van der Waals surface area contributed by atoms with Gasteiger partial charge in [0.15, 0.2) is 17.5 Å². The molecule has 0 unspecified atom stereocenters. The molecule has 4 nitrogen and oxygen atoms in total. The third-order valence-electron chi connectivity index (χ3n) is 2.15. The number of benzene rings is 1. The van der Waals surface area contributed by atoms with Crippen LogP contribution in [0.1, 0.15) is 5.56 Å². The number of hydrogen-bond donors (Lipinski definition) is 1. The molecule has 2 aromatic rings. The summed E-state index contributed by atoms with van der Waals surface area (Å²) in [6.07, 6.45) is 1.41. The van der Waals surface area contributed by atoms with Gasteiger partial charge in [-0.05, 0) is 17.7 Å². The van der Waals surface area contributed by atoms with Crippen molar-refractivity contribution in [1.82, 2.24) is 14.8 Å². The fourth-order valence-corrected chi connectivity index (χ4v) is 1.37. The van der Waals surface area contributed by atoms with Crippen molar-refractivity contribution in [2.75, 3.05) is 12.4 Å². The molecule has 0 aliphatic carbocycles. The smallest absolute Gasteiger partial charge is 0.241 e. The molecule has 2 rings (SSSR count). The Kier molecular flexibility index (Phi) is 2.99. The molecule has 1 N–H and O–H groups in total. The molecule has 0 aliphatic heterocycles. The molecule has 1 aromatic heterocycles. The average molecular weight is 242 g/mol. The molecule has 0 saturated heterocycles. The van der Waals surface area contributed by atoms with Crippen LogP contribution in [0.2, 0.25) is 0 Å². The van der Waals surface area contributed by atoms with Gasteiger partial charge in [0.05, 0.1) is 6.54 Å². The summed E-state index contributed by atoms with van der Waals surface area (Å²) in [4.78, 5) is 3.87. The number of nitrogens with one attached hydrogen (secondary N) is 1. The molecule has 0 amide bonds. The number of hydrogen-bond acceptors (Lipinski definition) is 3. The second-order valence-electron chi connectivity index (χ2n) is 3.39. The molecule has 90 valence electrons. The molecule has 0 saturated carbocycles. The lowest BCUT2D eigenvalue weighted by molar-refractivity contribution is 0.444. The Hall–Kier alpha value is -2.05. The van der Waals surface area contributed by atoms with E-state index in [1.165, 1.54) is 11.0 Å². The maximum absolute atomic E-state index is 12.9. The van der Waals surface area contributed by atoms with Gasteiger partial charge in [0, 0.05) is 7.05 Å². The number of halogens is 3. The van der Waals surface area contributed by atoms with E-state index >= 15 is 0 Å². The van der Waals surface area contributed by atoms with E-state index in [-0.39, 0.29) is 12.1 Å². The van der Waals surface area contributed by atoms with Crippen molar-refractivity contribution in [3.8, 4) is 0 Å². The van der Waals surface area contributed by atoms with Crippen molar-refractivity contribution in [2.45, 2.75) is 6.54 Å². The Morgan fingerprint density at radius 2 is 1.88 bits per heavy atom. The zero-order valence-electron chi connectivity index (χ0n) is 8.91. The molecule has 0 fully saturated rings. The first kappa shape index (κ1) is 11.4. The van der Waals surface area contributed by atoms with E-state index in [2.05, 4.69) is 15.4 Å². The molecule has 0 aliphatic rings. The summed E-state index contributed by atoms with van der Waals surface area (Å²) in [7, 11) is 1.65. The standard InChI is InChI=1S/C10H9F3N4/c1-14-10-15-5-17(16-10)4-6-2-7(11)9(13)8(12)3-6/h2-3,5H,4H2,1H3,(H,14,16). The summed E-state index contributed by atoms with van der Waals surface area (Å²) in [6, 6.07) is 1.86. The largest absolute Gasteiger partial charge is 0.356 e. The van der Waals surface area contributed by atoms with Gasteiger partial charge in [0.2, 0.25) is 5.95 Å². The maximum Gasteiger partial charge on any atom is 0.241 e. The van der Waals surface area contributed by atoms with Gasteiger partial charge >= 0.3 is 0 Å². The minimum absolute atomic E-state index is 0.114. The van der Waals surface area contributed by atoms with Crippen molar-refractivity contribution < 1.29 is 13.2 Å². The lowest BCUT2D eigenvalue weighted by Gasteiger charge is -2.03. The van der Waals surface area contributed by atoms with Crippen LogP contribution in [0.4, 0.5) is 19.1 Å². The number of anilines is 1. The molecule has 1 aromatic carbocycles. The average Bonchev–Trinajstić information content (AvgIpc) is 2.73. The van der Waals surface area contributed by atoms with E-state index in [0.717, 1.165) is 12.1 Å². The molecule has 1 heterocycles. The zero-order chi connectivity index (χ0) is 12.4. The van der Waals surface area contributed by atoms with Crippen LogP contribution in [-0.4, -0.2) is 21.8 Å². The molecule has 0 spiro atoms. The lowest BCUT2D eigenvalue weighted by Crippen LogP contribution is -2.03. The Bertz CT molecular complexity index is 515. The maximum atomic E-state index is 12.9. The Labute approximate surface area is 95.1 Å². The van der Waals surface area contributed by atoms with Gasteiger partial charge in [-0.25, -0.2) is 22.8 Å². The van der Waals surface area contributed by atoms with Crippen LogP contribution in [0.5, 0.6) is 0 Å². The van der Waals surface area contributed by atoms with Crippen LogP contribution in [0.15, 0.2) is 18.5 Å². The van der Waals surface area contributed by atoms with Crippen molar-refractivity contribution >= 4 is 5.95 Å². The van der Waals surface area contributed by atoms with Crippen molar-refractivity contribution in [2.24, 2.45) is 0 Å². The third-order valence-corrected chi connectivity index (χ3v) is 2.15. The van der Waals surface area contributed by atoms with Gasteiger partial charge in [0.25, 0.3) is 0 Å². The van der Waals surface area contributed by atoms with E-state index in [1.807, 2.05) is 0 Å². The highest BCUT2D eigenvalue weighted by atomic mass is 19.2. The van der Waals surface area contributed by atoms with Gasteiger partial charge in [-0.3, -0.25) is 0 Å². The van der Waals surface area contributed by atoms with Gasteiger partial charge < -0.3 is 5.32 Å². The van der Waals surface area contributed by atoms with E-state index in [4.69, 9.17) is 0 Å². The minimum atomic E-state index is -1.47. The fourth-order valence-electron chi connectivity index (χ4n) is 1.37. The highest BCUT2D eigenvalue weighted by molar-refractivity contribution is 5.21. The summed E-state index contributed by atoms with van der Waals surface area (Å²) >= 11 is 0. The van der Waals surface area contributed by atoms with Gasteiger partial charge in [-0.15, -0.1) is 5.10 Å². The summed E-state index contributed by atoms with van der Waals surface area (Å²) in [5, 5.41) is 6.68. The number of rotatable bonds is 3. The van der Waals surface area contributed by atoms with Crippen LogP contribution in [0.3, 0.4) is 0 Å². The predicted octanol–water partition coefficient (Wildman–Crippen LogP) is 1.79. The third kappa shape index (κ3) is 2.38. The SMILES string of the molecule is CNc1ncn(Cc2cc(F)c(F)c(F)c2)n1. The first-order valence-electron chi connectivity index (χ1n) is 4.81. The van der Waals surface area contributed by atoms with E-state index in [1.54, 1.807) is 7.05 Å². The van der Waals surface area contributed by atoms with E-state index < -0.39 is 17.5 Å². The van der Waals surface area contributed by atoms with E-state index in [9.17, 15) is 13.2 Å². The normalized spacial score (nSPS) is 10.6. The second kappa shape index (κ2) is 4.44. The molecule has 7 heteroatoms. The van der Waals surface area contributed by atoms with E-state index in [0.29, 0.717) is 5.95 Å². The first-order chi connectivity index (χ1) is 8.10. The second-order valence-corrected chi connectivity index (χ2v) is 3.39. The summed E-state index contributed by atoms with van der Waals surface area (Å²) in [6.45, 7) is 0.114. The van der Waals surface area contributed by atoms with Gasteiger partial charge in [0.1, 0.15) is 6.33 Å². The minimum Gasteiger partial charge on any atom is -0.356 e. The first-order valence-corrected chi connectivity index (χ1v) is 4.81. The number of nitrogens with zero attached hydrogens (tertiary/aromatic N) is 3. The summed E-state index contributed by atoms with van der Waals surface area (Å²) < 4.78 is 40.0. The molecule has 17 heavy (non-hydrogen) atoms. The van der Waals surface area contributed by atoms with Crippen molar-refractivity contribution in [3.05, 3.63) is 41.5 Å². The Morgan fingerprint density at radius 3 is 2.41 bits per heavy atom. The molecular formula is C10H9F3N4. The van der Waals surface area contributed by atoms with Crippen LogP contribution >= 0.6 is 0 Å². The van der Waals surface area contributed by atoms with Gasteiger partial charge in [-0.2, -0.15) is 0 Å². The molecule has 0 atom stereocenters. The van der Waals surface area contributed by atoms with Crippen molar-refractivity contribution in [1.29, 1.82) is 0 Å². The molecular weight excluding hydrogens is 233 g/mol. The Balaban J connectivity index is 2.24. The van der Waals surface area contributed by atoms with Crippen LogP contribution < -0.4 is 5.32 Å². The molecule has 0 radical (unpaired) electrons. The highest BCUT2D eigenvalue weighted by Crippen LogP contribution is 2.14. The van der Waals surface area contributed by atoms with Crippen LogP contribution in [0.25, 0.3) is 0 Å². The van der Waals surface area contributed by atoms with Gasteiger partial charge in [-0.1, -0.05) is 0 Å². The highest BCUT2D eigenvalue weighted by Gasteiger charge is 2.11. The number of aromatic nitrogens is 3. The monoisotopic (exact) mass is 242 g/mol. The van der Waals surface area contributed by atoms with Crippen molar-refractivity contribution in [3.63, 3.8) is 0 Å². The van der Waals surface area contributed by atoms with Crippen LogP contribution in [-0.2, 0) is 6.54 Å². The quantitative estimate of drug-likeness (QED) is 0.834. The summed E-state index contributed by atoms with van der Waals surface area (Å²) in [5.74, 6) is -3.50. The summed E-state index contributed by atoms with van der Waals surface area (Å²) in [5.41, 5.74) is 0.272. The lowest BCUT2D eigenvalue weighted by atomic mass is 10.2. The molecule has 0 bridgehead atoms. The van der Waals surface area contributed by atoms with Crippen LogP contribution in [0, 0.1) is 17.5 Å². The zero-order valence-corrected chi connectivity index (χ0v) is 8.91.